The van der Waals surface area contributed by atoms with E-state index in [4.69, 9.17) is 23.8 Å². The molecule has 21 heavy (non-hydrogen) atoms. The Morgan fingerprint density at radius 3 is 2.33 bits per heavy atom. The van der Waals surface area contributed by atoms with Gasteiger partial charge in [-0.3, -0.25) is 0 Å². The molecule has 0 unspecified atom stereocenters. The third kappa shape index (κ3) is 4.45. The summed E-state index contributed by atoms with van der Waals surface area (Å²) in [5.41, 5.74) is 4.73. The molecule has 2 nitrogen and oxygen atoms in total. The second kappa shape index (κ2) is 6.92. The lowest BCUT2D eigenvalue weighted by molar-refractivity contribution is 0.721. The van der Waals surface area contributed by atoms with Crippen LogP contribution in [0.1, 0.15) is 29.7 Å². The SMILES string of the molecule is Cc1ccc([C@H](C)NC(=S)Nc2ccc(Cl)cc2)cc1C. The average molecular weight is 319 g/mol. The van der Waals surface area contributed by atoms with Crippen LogP contribution in [-0.4, -0.2) is 5.11 Å². The monoisotopic (exact) mass is 318 g/mol. The van der Waals surface area contributed by atoms with E-state index in [1.165, 1.54) is 16.7 Å². The first-order valence-electron chi connectivity index (χ1n) is 6.86. The van der Waals surface area contributed by atoms with Gasteiger partial charge in [-0.25, -0.2) is 0 Å². The van der Waals surface area contributed by atoms with Crippen molar-refractivity contribution in [3.63, 3.8) is 0 Å². The van der Waals surface area contributed by atoms with Crippen LogP contribution < -0.4 is 10.6 Å². The van der Waals surface area contributed by atoms with E-state index >= 15 is 0 Å². The van der Waals surface area contributed by atoms with Crippen LogP contribution in [0.2, 0.25) is 5.02 Å². The lowest BCUT2D eigenvalue weighted by Crippen LogP contribution is -2.30. The van der Waals surface area contributed by atoms with Crippen molar-refractivity contribution >= 4 is 34.6 Å². The van der Waals surface area contributed by atoms with Crippen molar-refractivity contribution in [2.75, 3.05) is 5.32 Å². The lowest BCUT2D eigenvalue weighted by Gasteiger charge is -2.18. The molecular formula is C17H19ClN2S. The van der Waals surface area contributed by atoms with Crippen LogP contribution in [0.5, 0.6) is 0 Å². The van der Waals surface area contributed by atoms with Gasteiger partial charge in [-0.15, -0.1) is 0 Å². The Morgan fingerprint density at radius 1 is 1.05 bits per heavy atom. The molecule has 2 aromatic rings. The molecule has 0 radical (unpaired) electrons. The number of benzene rings is 2. The fourth-order valence-electron chi connectivity index (χ4n) is 2.01. The highest BCUT2D eigenvalue weighted by molar-refractivity contribution is 7.80. The first-order valence-corrected chi connectivity index (χ1v) is 7.64. The summed E-state index contributed by atoms with van der Waals surface area (Å²) >= 11 is 11.2. The molecule has 2 rings (SSSR count). The van der Waals surface area contributed by atoms with E-state index in [9.17, 15) is 0 Å². The summed E-state index contributed by atoms with van der Waals surface area (Å²) in [6.45, 7) is 6.33. The van der Waals surface area contributed by atoms with Crippen molar-refractivity contribution in [1.29, 1.82) is 0 Å². The smallest absolute Gasteiger partial charge is 0.171 e. The van der Waals surface area contributed by atoms with Gasteiger partial charge in [-0.1, -0.05) is 29.8 Å². The highest BCUT2D eigenvalue weighted by Crippen LogP contribution is 2.17. The minimum Gasteiger partial charge on any atom is -0.356 e. The predicted octanol–water partition coefficient (Wildman–Crippen LogP) is 5.00. The second-order valence-electron chi connectivity index (χ2n) is 5.17. The van der Waals surface area contributed by atoms with Crippen molar-refractivity contribution < 1.29 is 0 Å². The maximum atomic E-state index is 5.86. The van der Waals surface area contributed by atoms with Gasteiger partial charge in [0.2, 0.25) is 0 Å². The number of thiocarbonyl (C=S) groups is 1. The predicted molar refractivity (Wildman–Crippen MR) is 95.1 cm³/mol. The van der Waals surface area contributed by atoms with Crippen LogP contribution >= 0.6 is 23.8 Å². The summed E-state index contributed by atoms with van der Waals surface area (Å²) in [4.78, 5) is 0. The molecule has 0 saturated heterocycles. The maximum Gasteiger partial charge on any atom is 0.171 e. The topological polar surface area (TPSA) is 24.1 Å². The summed E-state index contributed by atoms with van der Waals surface area (Å²) in [5, 5.41) is 7.76. The Bertz CT molecular complexity index is 638. The average Bonchev–Trinajstić information content (AvgIpc) is 2.44. The molecule has 0 amide bonds. The molecule has 0 aliphatic heterocycles. The van der Waals surface area contributed by atoms with Gasteiger partial charge in [0.1, 0.15) is 0 Å². The molecule has 0 aliphatic rings. The van der Waals surface area contributed by atoms with Gasteiger partial charge < -0.3 is 10.6 Å². The molecule has 0 aromatic heterocycles. The number of aryl methyl sites for hydroxylation is 2. The second-order valence-corrected chi connectivity index (χ2v) is 6.02. The zero-order valence-electron chi connectivity index (χ0n) is 12.4. The summed E-state index contributed by atoms with van der Waals surface area (Å²) < 4.78 is 0. The minimum atomic E-state index is 0.150. The van der Waals surface area contributed by atoms with Crippen LogP contribution in [0.4, 0.5) is 5.69 Å². The molecule has 0 heterocycles. The minimum absolute atomic E-state index is 0.150. The molecule has 2 aromatic carbocycles. The molecular weight excluding hydrogens is 300 g/mol. The van der Waals surface area contributed by atoms with Gasteiger partial charge in [-0.2, -0.15) is 0 Å². The third-order valence-corrected chi connectivity index (χ3v) is 3.95. The van der Waals surface area contributed by atoms with Crippen molar-refractivity contribution in [3.8, 4) is 0 Å². The van der Waals surface area contributed by atoms with Crippen LogP contribution in [0, 0.1) is 13.8 Å². The van der Waals surface area contributed by atoms with Crippen LogP contribution in [0.15, 0.2) is 42.5 Å². The van der Waals surface area contributed by atoms with Crippen LogP contribution in [-0.2, 0) is 0 Å². The van der Waals surface area contributed by atoms with E-state index in [0.717, 1.165) is 5.69 Å². The van der Waals surface area contributed by atoms with E-state index < -0.39 is 0 Å². The maximum absolute atomic E-state index is 5.86. The van der Waals surface area contributed by atoms with Gasteiger partial charge in [0.15, 0.2) is 5.11 Å². The quantitative estimate of drug-likeness (QED) is 0.778. The van der Waals surface area contributed by atoms with E-state index in [1.54, 1.807) is 0 Å². The number of nitrogens with one attached hydrogen (secondary N) is 2. The number of hydrogen-bond donors (Lipinski definition) is 2. The van der Waals surface area contributed by atoms with Crippen molar-refractivity contribution in [3.05, 3.63) is 64.2 Å². The normalized spacial score (nSPS) is 11.8. The zero-order valence-corrected chi connectivity index (χ0v) is 14.0. The van der Waals surface area contributed by atoms with Gasteiger partial charge >= 0.3 is 0 Å². The molecule has 2 N–H and O–H groups in total. The van der Waals surface area contributed by atoms with E-state index in [-0.39, 0.29) is 6.04 Å². The van der Waals surface area contributed by atoms with Gasteiger partial charge in [0.05, 0.1) is 6.04 Å². The fourth-order valence-corrected chi connectivity index (χ4v) is 2.43. The lowest BCUT2D eigenvalue weighted by atomic mass is 10.0. The molecule has 0 bridgehead atoms. The summed E-state index contributed by atoms with van der Waals surface area (Å²) in [6.07, 6.45) is 0. The first kappa shape index (κ1) is 15.8. The summed E-state index contributed by atoms with van der Waals surface area (Å²) in [7, 11) is 0. The Morgan fingerprint density at radius 2 is 1.71 bits per heavy atom. The van der Waals surface area contributed by atoms with Gasteiger partial charge in [0, 0.05) is 10.7 Å². The van der Waals surface area contributed by atoms with E-state index in [2.05, 4.69) is 49.6 Å². The van der Waals surface area contributed by atoms with Crippen molar-refractivity contribution in [2.45, 2.75) is 26.8 Å². The molecule has 0 aliphatic carbocycles. The fraction of sp³-hybridized carbons (Fsp3) is 0.235. The van der Waals surface area contributed by atoms with Gasteiger partial charge in [0.25, 0.3) is 0 Å². The first-order chi connectivity index (χ1) is 9.95. The highest BCUT2D eigenvalue weighted by atomic mass is 35.5. The molecule has 4 heteroatoms. The van der Waals surface area contributed by atoms with E-state index in [0.29, 0.717) is 10.1 Å². The largest absolute Gasteiger partial charge is 0.356 e. The molecule has 1 atom stereocenters. The number of rotatable bonds is 3. The Balaban J connectivity index is 1.98. The number of anilines is 1. The number of hydrogen-bond acceptors (Lipinski definition) is 1. The van der Waals surface area contributed by atoms with Crippen molar-refractivity contribution in [2.24, 2.45) is 0 Å². The Labute approximate surface area is 136 Å². The molecule has 0 fully saturated rings. The van der Waals surface area contributed by atoms with Gasteiger partial charge in [-0.05, 0) is 73.9 Å². The molecule has 0 spiro atoms. The third-order valence-electron chi connectivity index (χ3n) is 3.48. The Kier molecular flexibility index (Phi) is 5.21. The number of halogens is 1. The Hall–Kier alpha value is -1.58. The summed E-state index contributed by atoms with van der Waals surface area (Å²) in [6, 6.07) is 14.1. The summed E-state index contributed by atoms with van der Waals surface area (Å²) in [5.74, 6) is 0. The van der Waals surface area contributed by atoms with Crippen molar-refractivity contribution in [1.82, 2.24) is 5.32 Å². The van der Waals surface area contributed by atoms with E-state index in [1.807, 2.05) is 24.3 Å². The molecule has 0 saturated carbocycles. The standard InChI is InChI=1S/C17H19ClN2S/c1-11-4-5-14(10-12(11)2)13(3)19-17(21)20-16-8-6-15(18)7-9-16/h4-10,13H,1-3H3,(H2,19,20,21)/t13-/m0/s1. The van der Waals surface area contributed by atoms with Crippen LogP contribution in [0.25, 0.3) is 0 Å². The zero-order chi connectivity index (χ0) is 15.4. The highest BCUT2D eigenvalue weighted by Gasteiger charge is 2.08. The molecule has 110 valence electrons. The van der Waals surface area contributed by atoms with Crippen LogP contribution in [0.3, 0.4) is 0 Å².